The van der Waals surface area contributed by atoms with Crippen molar-refractivity contribution in [3.8, 4) is 12.3 Å². The van der Waals surface area contributed by atoms with Crippen LogP contribution in [0.5, 0.6) is 0 Å². The molecule has 1 atom stereocenters. The van der Waals surface area contributed by atoms with E-state index < -0.39 is 0 Å². The summed E-state index contributed by atoms with van der Waals surface area (Å²) in [4.78, 5) is 0. The van der Waals surface area contributed by atoms with Crippen LogP contribution in [-0.2, 0) is 0 Å². The van der Waals surface area contributed by atoms with E-state index in [0.717, 1.165) is 28.0 Å². The van der Waals surface area contributed by atoms with Crippen molar-refractivity contribution in [1.29, 1.82) is 0 Å². The predicted molar refractivity (Wildman–Crippen MR) is 82.6 cm³/mol. The standard InChI is InChI=1S/C18H15NO/c1-3-14-7-6-9-16(11-14)19-13(2)18-12-15-8-4-5-10-17(15)20-18/h1,4-13,19H,2H3. The number of anilines is 1. The Kier molecular flexibility index (Phi) is 3.18. The molecule has 0 saturated heterocycles. The zero-order valence-corrected chi connectivity index (χ0v) is 11.3. The van der Waals surface area contributed by atoms with Gasteiger partial charge in [-0.25, -0.2) is 0 Å². The molecule has 0 fully saturated rings. The van der Waals surface area contributed by atoms with Crippen molar-refractivity contribution in [3.05, 3.63) is 65.9 Å². The third kappa shape index (κ3) is 2.39. The van der Waals surface area contributed by atoms with Gasteiger partial charge in [-0.1, -0.05) is 30.2 Å². The van der Waals surface area contributed by atoms with Crippen molar-refractivity contribution >= 4 is 16.7 Å². The molecule has 98 valence electrons. The Morgan fingerprint density at radius 2 is 1.95 bits per heavy atom. The highest BCUT2D eigenvalue weighted by Gasteiger charge is 2.11. The second-order valence-corrected chi connectivity index (χ2v) is 4.78. The molecule has 0 aliphatic heterocycles. The fourth-order valence-electron chi connectivity index (χ4n) is 2.24. The van der Waals surface area contributed by atoms with Crippen LogP contribution in [-0.4, -0.2) is 0 Å². The van der Waals surface area contributed by atoms with Gasteiger partial charge in [0.05, 0.1) is 6.04 Å². The number of rotatable bonds is 3. The van der Waals surface area contributed by atoms with E-state index in [4.69, 9.17) is 10.8 Å². The van der Waals surface area contributed by atoms with Crippen molar-refractivity contribution < 1.29 is 4.42 Å². The van der Waals surface area contributed by atoms with Gasteiger partial charge < -0.3 is 9.73 Å². The molecule has 2 aromatic carbocycles. The van der Waals surface area contributed by atoms with Crippen molar-refractivity contribution in [3.63, 3.8) is 0 Å². The normalized spacial score (nSPS) is 12.0. The smallest absolute Gasteiger partial charge is 0.134 e. The van der Waals surface area contributed by atoms with E-state index in [9.17, 15) is 0 Å². The number of benzene rings is 2. The molecule has 0 amide bonds. The van der Waals surface area contributed by atoms with Crippen LogP contribution in [0.15, 0.2) is 59.0 Å². The lowest BCUT2D eigenvalue weighted by Gasteiger charge is -2.12. The van der Waals surface area contributed by atoms with E-state index in [2.05, 4.69) is 24.2 Å². The first-order chi connectivity index (χ1) is 9.76. The van der Waals surface area contributed by atoms with Gasteiger partial charge in [0, 0.05) is 16.6 Å². The summed E-state index contributed by atoms with van der Waals surface area (Å²) in [5, 5.41) is 4.52. The van der Waals surface area contributed by atoms with Gasteiger partial charge >= 0.3 is 0 Å². The summed E-state index contributed by atoms with van der Waals surface area (Å²) in [6, 6.07) is 18.0. The molecule has 20 heavy (non-hydrogen) atoms. The molecule has 2 nitrogen and oxygen atoms in total. The van der Waals surface area contributed by atoms with Gasteiger partial charge in [-0.15, -0.1) is 6.42 Å². The van der Waals surface area contributed by atoms with Crippen LogP contribution in [0.4, 0.5) is 5.69 Å². The van der Waals surface area contributed by atoms with E-state index in [-0.39, 0.29) is 6.04 Å². The summed E-state index contributed by atoms with van der Waals surface area (Å²) in [6.45, 7) is 2.07. The Hall–Kier alpha value is -2.66. The summed E-state index contributed by atoms with van der Waals surface area (Å²) >= 11 is 0. The van der Waals surface area contributed by atoms with E-state index in [0.29, 0.717) is 0 Å². The van der Waals surface area contributed by atoms with E-state index in [1.54, 1.807) is 0 Å². The van der Waals surface area contributed by atoms with Crippen LogP contribution < -0.4 is 5.32 Å². The van der Waals surface area contributed by atoms with Gasteiger partial charge in [0.15, 0.2) is 0 Å². The monoisotopic (exact) mass is 261 g/mol. The fraction of sp³-hybridized carbons (Fsp3) is 0.111. The van der Waals surface area contributed by atoms with Crippen molar-refractivity contribution in [2.45, 2.75) is 13.0 Å². The third-order valence-electron chi connectivity index (χ3n) is 3.28. The first-order valence-corrected chi connectivity index (χ1v) is 6.58. The van der Waals surface area contributed by atoms with Gasteiger partial charge in [-0.2, -0.15) is 0 Å². The fourth-order valence-corrected chi connectivity index (χ4v) is 2.24. The van der Waals surface area contributed by atoms with Crippen LogP contribution in [0.3, 0.4) is 0 Å². The Bertz CT molecular complexity index is 746. The van der Waals surface area contributed by atoms with Gasteiger partial charge in [0.25, 0.3) is 0 Å². The molecule has 0 bridgehead atoms. The second-order valence-electron chi connectivity index (χ2n) is 4.78. The Balaban J connectivity index is 1.85. The Morgan fingerprint density at radius 3 is 2.75 bits per heavy atom. The molecule has 1 N–H and O–H groups in total. The number of fused-ring (bicyclic) bond motifs is 1. The summed E-state index contributed by atoms with van der Waals surface area (Å²) in [5.74, 6) is 3.55. The Labute approximate surface area is 118 Å². The minimum Gasteiger partial charge on any atom is -0.459 e. The molecule has 3 rings (SSSR count). The molecule has 2 heteroatoms. The lowest BCUT2D eigenvalue weighted by Crippen LogP contribution is -2.05. The van der Waals surface area contributed by atoms with Crippen LogP contribution >= 0.6 is 0 Å². The average molecular weight is 261 g/mol. The van der Waals surface area contributed by atoms with Crippen molar-refractivity contribution in [2.24, 2.45) is 0 Å². The maximum absolute atomic E-state index is 5.86. The van der Waals surface area contributed by atoms with Gasteiger partial charge in [0.1, 0.15) is 11.3 Å². The molecular formula is C18H15NO. The summed E-state index contributed by atoms with van der Waals surface area (Å²) < 4.78 is 5.86. The quantitative estimate of drug-likeness (QED) is 0.698. The highest BCUT2D eigenvalue weighted by atomic mass is 16.3. The van der Waals surface area contributed by atoms with E-state index in [1.165, 1.54) is 0 Å². The van der Waals surface area contributed by atoms with Gasteiger partial charge in [-0.3, -0.25) is 0 Å². The zero-order chi connectivity index (χ0) is 13.9. The minimum atomic E-state index is 0.0791. The summed E-state index contributed by atoms with van der Waals surface area (Å²) in [6.07, 6.45) is 5.42. The summed E-state index contributed by atoms with van der Waals surface area (Å²) in [7, 11) is 0. The molecule has 0 saturated carbocycles. The third-order valence-corrected chi connectivity index (χ3v) is 3.28. The number of hydrogen-bond acceptors (Lipinski definition) is 2. The minimum absolute atomic E-state index is 0.0791. The van der Waals surface area contributed by atoms with Gasteiger partial charge in [-0.05, 0) is 37.3 Å². The highest BCUT2D eigenvalue weighted by molar-refractivity contribution is 5.77. The molecule has 1 unspecified atom stereocenters. The number of para-hydroxylation sites is 1. The molecule has 0 aliphatic carbocycles. The molecule has 1 heterocycles. The molecule has 0 radical (unpaired) electrons. The van der Waals surface area contributed by atoms with Crippen LogP contribution in [0.1, 0.15) is 24.3 Å². The molecule has 0 spiro atoms. The lowest BCUT2D eigenvalue weighted by atomic mass is 10.1. The molecular weight excluding hydrogens is 246 g/mol. The zero-order valence-electron chi connectivity index (χ0n) is 11.3. The molecule has 3 aromatic rings. The number of furan rings is 1. The van der Waals surface area contributed by atoms with Crippen LogP contribution in [0.25, 0.3) is 11.0 Å². The number of hydrogen-bond donors (Lipinski definition) is 1. The SMILES string of the molecule is C#Cc1cccc(NC(C)c2cc3ccccc3o2)c1. The maximum Gasteiger partial charge on any atom is 0.134 e. The van der Waals surface area contributed by atoms with Crippen molar-refractivity contribution in [1.82, 2.24) is 0 Å². The topological polar surface area (TPSA) is 25.2 Å². The predicted octanol–water partition coefficient (Wildman–Crippen LogP) is 4.59. The molecule has 1 aromatic heterocycles. The first kappa shape index (κ1) is 12.4. The largest absolute Gasteiger partial charge is 0.459 e. The van der Waals surface area contributed by atoms with Gasteiger partial charge in [0.2, 0.25) is 0 Å². The van der Waals surface area contributed by atoms with Crippen LogP contribution in [0.2, 0.25) is 0 Å². The number of terminal acetylenes is 1. The second kappa shape index (κ2) is 5.14. The average Bonchev–Trinajstić information content (AvgIpc) is 2.91. The number of nitrogens with one attached hydrogen (secondary N) is 1. The highest BCUT2D eigenvalue weighted by Crippen LogP contribution is 2.26. The Morgan fingerprint density at radius 1 is 1.10 bits per heavy atom. The van der Waals surface area contributed by atoms with Crippen LogP contribution in [0, 0.1) is 12.3 Å². The maximum atomic E-state index is 5.86. The lowest BCUT2D eigenvalue weighted by molar-refractivity contribution is 0.526. The van der Waals surface area contributed by atoms with E-state index in [1.807, 2.05) is 48.5 Å². The first-order valence-electron chi connectivity index (χ1n) is 6.58. The van der Waals surface area contributed by atoms with E-state index >= 15 is 0 Å². The summed E-state index contributed by atoms with van der Waals surface area (Å²) in [5.41, 5.74) is 2.77. The molecule has 0 aliphatic rings. The van der Waals surface area contributed by atoms with Crippen molar-refractivity contribution in [2.75, 3.05) is 5.32 Å².